The number of nitrogens with zero attached hydrogens (tertiary/aromatic N) is 1. The number of methoxy groups -OCH3 is 1. The van der Waals surface area contributed by atoms with Gasteiger partial charge in [0.05, 0.1) is 28.5 Å². The van der Waals surface area contributed by atoms with Crippen molar-refractivity contribution in [3.05, 3.63) is 73.9 Å². The summed E-state index contributed by atoms with van der Waals surface area (Å²) in [7, 11) is 1.40. The molecule has 4 rings (SSSR count). The fourth-order valence-corrected chi connectivity index (χ4v) is 3.78. The summed E-state index contributed by atoms with van der Waals surface area (Å²) in [6, 6.07) is 12.1. The molecule has 0 radical (unpaired) electrons. The number of allylic oxidation sites excluding steroid dienone is 1. The third-order valence-corrected chi connectivity index (χ3v) is 5.18. The van der Waals surface area contributed by atoms with Crippen molar-refractivity contribution in [2.24, 2.45) is 5.73 Å². The molecule has 0 unspecified atom stereocenters. The standard InChI is InChI=1S/C20H13BrN2O5/c1-26-14-7-9(6-12(21)17(14)24)15-11(8-22)19(23)28-18-10-4-2-3-5-13(10)27-20(25)16(15)18/h2-7,15,24H,23H2,1H3/t15-/m0/s1. The second kappa shape index (κ2) is 6.62. The molecule has 8 heteroatoms. The van der Waals surface area contributed by atoms with Gasteiger partial charge in [0, 0.05) is 0 Å². The van der Waals surface area contributed by atoms with Gasteiger partial charge in [-0.15, -0.1) is 0 Å². The lowest BCUT2D eigenvalue weighted by molar-refractivity contribution is 0.370. The second-order valence-corrected chi connectivity index (χ2v) is 6.96. The van der Waals surface area contributed by atoms with Gasteiger partial charge in [-0.2, -0.15) is 5.26 Å². The maximum atomic E-state index is 12.8. The summed E-state index contributed by atoms with van der Waals surface area (Å²) >= 11 is 3.27. The van der Waals surface area contributed by atoms with Gasteiger partial charge in [-0.3, -0.25) is 0 Å². The topological polar surface area (TPSA) is 119 Å². The van der Waals surface area contributed by atoms with Crippen LogP contribution in [0, 0.1) is 11.3 Å². The molecular formula is C20H13BrN2O5. The number of ether oxygens (including phenoxy) is 2. The molecule has 7 nitrogen and oxygen atoms in total. The number of nitrogens with two attached hydrogens (primary N) is 1. The van der Waals surface area contributed by atoms with Crippen LogP contribution in [0.4, 0.5) is 0 Å². The molecule has 28 heavy (non-hydrogen) atoms. The number of phenolic OH excluding ortho intramolecular Hbond substituents is 1. The van der Waals surface area contributed by atoms with Crippen LogP contribution in [0.1, 0.15) is 17.0 Å². The van der Waals surface area contributed by atoms with Gasteiger partial charge in [0.1, 0.15) is 17.2 Å². The van der Waals surface area contributed by atoms with Crippen molar-refractivity contribution >= 4 is 26.9 Å². The van der Waals surface area contributed by atoms with Crippen LogP contribution < -0.4 is 20.8 Å². The maximum absolute atomic E-state index is 12.8. The van der Waals surface area contributed by atoms with E-state index in [0.29, 0.717) is 21.0 Å². The summed E-state index contributed by atoms with van der Waals surface area (Å²) in [5.74, 6) is -0.617. The number of para-hydroxylation sites is 1. The van der Waals surface area contributed by atoms with Crippen molar-refractivity contribution in [3.8, 4) is 23.3 Å². The van der Waals surface area contributed by atoms with E-state index in [2.05, 4.69) is 15.9 Å². The van der Waals surface area contributed by atoms with E-state index in [1.165, 1.54) is 7.11 Å². The van der Waals surface area contributed by atoms with E-state index in [1.54, 1.807) is 36.4 Å². The molecule has 0 aliphatic carbocycles. The fraction of sp³-hybridized carbons (Fsp3) is 0.100. The van der Waals surface area contributed by atoms with E-state index >= 15 is 0 Å². The number of halogens is 1. The molecule has 0 bridgehead atoms. The van der Waals surface area contributed by atoms with E-state index < -0.39 is 11.5 Å². The first-order valence-electron chi connectivity index (χ1n) is 8.16. The second-order valence-electron chi connectivity index (χ2n) is 6.11. The van der Waals surface area contributed by atoms with Gasteiger partial charge < -0.3 is 24.7 Å². The molecule has 0 fully saturated rings. The Labute approximate surface area is 167 Å². The van der Waals surface area contributed by atoms with Crippen molar-refractivity contribution < 1.29 is 19.0 Å². The van der Waals surface area contributed by atoms with Crippen LogP contribution in [-0.4, -0.2) is 12.2 Å². The van der Waals surface area contributed by atoms with Crippen molar-refractivity contribution in [2.45, 2.75) is 5.92 Å². The Hall–Kier alpha value is -3.44. The Morgan fingerprint density at radius 1 is 1.32 bits per heavy atom. The minimum absolute atomic E-state index is 0.0646. The number of fused-ring (bicyclic) bond motifs is 3. The predicted molar refractivity (Wildman–Crippen MR) is 104 cm³/mol. The highest BCUT2D eigenvalue weighted by atomic mass is 79.9. The van der Waals surface area contributed by atoms with Crippen LogP contribution in [0.2, 0.25) is 0 Å². The third-order valence-electron chi connectivity index (χ3n) is 4.58. The van der Waals surface area contributed by atoms with Crippen molar-refractivity contribution in [1.82, 2.24) is 0 Å². The highest BCUT2D eigenvalue weighted by Crippen LogP contribution is 2.46. The summed E-state index contributed by atoms with van der Waals surface area (Å²) in [5.41, 5.74) is 6.46. The zero-order valence-corrected chi connectivity index (χ0v) is 16.1. The molecule has 1 atom stereocenters. The molecule has 1 aliphatic rings. The first kappa shape index (κ1) is 17.9. The Morgan fingerprint density at radius 2 is 2.07 bits per heavy atom. The number of aromatic hydroxyl groups is 1. The average molecular weight is 441 g/mol. The normalized spacial score (nSPS) is 15.7. The van der Waals surface area contributed by atoms with Gasteiger partial charge in [0.25, 0.3) is 0 Å². The van der Waals surface area contributed by atoms with E-state index in [-0.39, 0.29) is 34.3 Å². The molecule has 3 aromatic rings. The Bertz CT molecular complexity index is 1260. The summed E-state index contributed by atoms with van der Waals surface area (Å²) < 4.78 is 16.7. The molecule has 2 heterocycles. The first-order valence-corrected chi connectivity index (χ1v) is 8.95. The number of nitriles is 1. The Kier molecular flexibility index (Phi) is 4.24. The molecule has 140 valence electrons. The van der Waals surface area contributed by atoms with Crippen LogP contribution in [-0.2, 0) is 0 Å². The highest BCUT2D eigenvalue weighted by molar-refractivity contribution is 9.10. The summed E-state index contributed by atoms with van der Waals surface area (Å²) in [4.78, 5) is 12.8. The van der Waals surface area contributed by atoms with Crippen molar-refractivity contribution in [3.63, 3.8) is 0 Å². The van der Waals surface area contributed by atoms with Crippen LogP contribution in [0.5, 0.6) is 17.2 Å². The van der Waals surface area contributed by atoms with E-state index in [4.69, 9.17) is 19.6 Å². The van der Waals surface area contributed by atoms with Gasteiger partial charge >= 0.3 is 5.63 Å². The quantitative estimate of drug-likeness (QED) is 0.585. The molecular weight excluding hydrogens is 428 g/mol. The van der Waals surface area contributed by atoms with Gasteiger partial charge in [0.15, 0.2) is 17.2 Å². The average Bonchev–Trinajstić information content (AvgIpc) is 2.69. The van der Waals surface area contributed by atoms with Crippen LogP contribution in [0.25, 0.3) is 11.0 Å². The lowest BCUT2D eigenvalue weighted by atomic mass is 9.83. The molecule has 1 aromatic heterocycles. The maximum Gasteiger partial charge on any atom is 0.344 e. The molecule has 2 aromatic carbocycles. The molecule has 0 amide bonds. The van der Waals surface area contributed by atoms with E-state index in [0.717, 1.165) is 0 Å². The Morgan fingerprint density at radius 3 is 2.79 bits per heavy atom. The molecule has 0 saturated heterocycles. The smallest absolute Gasteiger partial charge is 0.344 e. The lowest BCUT2D eigenvalue weighted by Crippen LogP contribution is -2.26. The molecule has 0 saturated carbocycles. The zero-order valence-electron chi connectivity index (χ0n) is 14.5. The lowest BCUT2D eigenvalue weighted by Gasteiger charge is -2.26. The summed E-state index contributed by atoms with van der Waals surface area (Å²) in [5, 5.41) is 20.4. The zero-order chi connectivity index (χ0) is 20.0. The van der Waals surface area contributed by atoms with Crippen LogP contribution in [0.15, 0.2) is 61.5 Å². The number of rotatable bonds is 2. The van der Waals surface area contributed by atoms with Gasteiger partial charge in [0.2, 0.25) is 5.88 Å². The minimum Gasteiger partial charge on any atom is -0.503 e. The Balaban J connectivity index is 2.09. The van der Waals surface area contributed by atoms with Gasteiger partial charge in [-0.1, -0.05) is 12.1 Å². The van der Waals surface area contributed by atoms with Crippen LogP contribution >= 0.6 is 15.9 Å². The van der Waals surface area contributed by atoms with E-state index in [9.17, 15) is 15.2 Å². The molecule has 3 N–H and O–H groups in total. The first-order chi connectivity index (χ1) is 13.5. The number of phenols is 1. The molecule has 0 spiro atoms. The monoisotopic (exact) mass is 440 g/mol. The SMILES string of the molecule is COc1cc([C@H]2C(C#N)=C(N)Oc3c2c(=O)oc2ccccc32)cc(Br)c1O. The number of hydrogen-bond donors (Lipinski definition) is 2. The highest BCUT2D eigenvalue weighted by Gasteiger charge is 2.36. The van der Waals surface area contributed by atoms with Crippen LogP contribution in [0.3, 0.4) is 0 Å². The largest absolute Gasteiger partial charge is 0.503 e. The van der Waals surface area contributed by atoms with Gasteiger partial charge in [-0.25, -0.2) is 4.79 Å². The van der Waals surface area contributed by atoms with Crippen molar-refractivity contribution in [1.29, 1.82) is 5.26 Å². The summed E-state index contributed by atoms with van der Waals surface area (Å²) in [6.07, 6.45) is 0. The van der Waals surface area contributed by atoms with Gasteiger partial charge in [-0.05, 0) is 45.8 Å². The van der Waals surface area contributed by atoms with E-state index in [1.807, 2.05) is 6.07 Å². The fourth-order valence-electron chi connectivity index (χ4n) is 3.32. The molecule has 1 aliphatic heterocycles. The third kappa shape index (κ3) is 2.60. The number of hydrogen-bond acceptors (Lipinski definition) is 7. The van der Waals surface area contributed by atoms with Crippen molar-refractivity contribution in [2.75, 3.05) is 7.11 Å². The summed E-state index contributed by atoms with van der Waals surface area (Å²) in [6.45, 7) is 0. The number of benzene rings is 2. The predicted octanol–water partition coefficient (Wildman–Crippen LogP) is 3.49. The minimum atomic E-state index is -0.847.